The van der Waals surface area contributed by atoms with Gasteiger partial charge >= 0.3 is 0 Å². The van der Waals surface area contributed by atoms with Crippen molar-refractivity contribution in [1.82, 2.24) is 0 Å². The summed E-state index contributed by atoms with van der Waals surface area (Å²) in [6, 6.07) is 3.00. The predicted octanol–water partition coefficient (Wildman–Crippen LogP) is 2.29. The molecular formula is C34H59ClO16. The van der Waals surface area contributed by atoms with Gasteiger partial charge in [0.2, 0.25) is 5.75 Å². The highest BCUT2D eigenvalue weighted by Gasteiger charge is 2.18. The number of benzene rings is 1. The highest BCUT2D eigenvalue weighted by molar-refractivity contribution is 6.67. The molecule has 51 heavy (non-hydrogen) atoms. The maximum absolute atomic E-state index is 12.1. The molecule has 1 aromatic carbocycles. The van der Waals surface area contributed by atoms with E-state index in [9.17, 15) is 4.79 Å². The van der Waals surface area contributed by atoms with E-state index >= 15 is 0 Å². The molecule has 0 saturated heterocycles. The lowest BCUT2D eigenvalue weighted by atomic mass is 10.2. The fourth-order valence-corrected chi connectivity index (χ4v) is 3.83. The Kier molecular flexibility index (Phi) is 33.7. The van der Waals surface area contributed by atoms with Crippen LogP contribution in [0.2, 0.25) is 0 Å². The van der Waals surface area contributed by atoms with E-state index in [4.69, 9.17) is 82.7 Å². The standard InChI is InChI=1S/C34H59ClO16/c1-37-4-7-40-10-13-43-16-19-46-22-25-49-31-28-30(34(35)36)29-32(50-26-23-47-20-17-44-14-11-41-8-5-38-2)33(31)51-27-24-48-21-18-45-15-12-42-9-6-39-3/h28-29H,4-27H2,1-3H3. The normalized spacial score (nSPS) is 11.3. The molecule has 0 saturated carbocycles. The van der Waals surface area contributed by atoms with Gasteiger partial charge in [-0.1, -0.05) is 0 Å². The van der Waals surface area contributed by atoms with Crippen LogP contribution in [0.15, 0.2) is 12.1 Å². The highest BCUT2D eigenvalue weighted by Crippen LogP contribution is 2.39. The van der Waals surface area contributed by atoms with Crippen LogP contribution in [-0.2, 0) is 56.8 Å². The number of hydrogen-bond donors (Lipinski definition) is 0. The van der Waals surface area contributed by atoms with E-state index in [2.05, 4.69) is 0 Å². The molecule has 0 bridgehead atoms. The number of carbonyl (C=O) groups is 1. The molecule has 0 aliphatic rings. The summed E-state index contributed by atoms with van der Waals surface area (Å²) in [6.45, 7) is 9.61. The van der Waals surface area contributed by atoms with Crippen LogP contribution < -0.4 is 14.2 Å². The summed E-state index contributed by atoms with van der Waals surface area (Å²) in [5.74, 6) is 0.824. The van der Waals surface area contributed by atoms with Crippen molar-refractivity contribution in [1.29, 1.82) is 0 Å². The molecule has 0 spiro atoms. The zero-order valence-electron chi connectivity index (χ0n) is 30.5. The average Bonchev–Trinajstić information content (AvgIpc) is 3.13. The number of rotatable bonds is 40. The largest absolute Gasteiger partial charge is 0.487 e. The lowest BCUT2D eigenvalue weighted by molar-refractivity contribution is -0.00160. The van der Waals surface area contributed by atoms with Crippen LogP contribution in [0.1, 0.15) is 10.4 Å². The molecule has 0 aliphatic heterocycles. The number of hydrogen-bond acceptors (Lipinski definition) is 16. The average molecular weight is 759 g/mol. The maximum Gasteiger partial charge on any atom is 0.252 e. The lowest BCUT2D eigenvalue weighted by Crippen LogP contribution is -2.16. The molecule has 298 valence electrons. The lowest BCUT2D eigenvalue weighted by Gasteiger charge is -2.18. The van der Waals surface area contributed by atoms with Gasteiger partial charge in [-0.2, -0.15) is 0 Å². The van der Waals surface area contributed by atoms with Crippen LogP contribution in [-0.4, -0.2) is 185 Å². The van der Waals surface area contributed by atoms with Crippen molar-refractivity contribution in [3.05, 3.63) is 17.7 Å². The predicted molar refractivity (Wildman–Crippen MR) is 186 cm³/mol. The molecular weight excluding hydrogens is 700 g/mol. The van der Waals surface area contributed by atoms with Gasteiger partial charge < -0.3 is 71.1 Å². The molecule has 0 heterocycles. The van der Waals surface area contributed by atoms with Gasteiger partial charge in [-0.25, -0.2) is 0 Å². The summed E-state index contributed by atoms with van der Waals surface area (Å²) < 4.78 is 82.1. The SMILES string of the molecule is COCCOCCOCCOCCOc1cc(C(=O)Cl)cc(OCCOCCOCCOCCOC)c1OCCOCCOCCOCCOC. The third-order valence-corrected chi connectivity index (χ3v) is 6.44. The van der Waals surface area contributed by atoms with Gasteiger partial charge in [0.25, 0.3) is 5.24 Å². The second-order valence-electron chi connectivity index (χ2n) is 10.1. The van der Waals surface area contributed by atoms with Crippen LogP contribution in [0.3, 0.4) is 0 Å². The fraction of sp³-hybridized carbons (Fsp3) is 0.794. The Balaban J connectivity index is 2.58. The van der Waals surface area contributed by atoms with E-state index in [1.165, 1.54) is 12.1 Å². The Morgan fingerprint density at radius 1 is 0.392 bits per heavy atom. The van der Waals surface area contributed by atoms with E-state index < -0.39 is 5.24 Å². The Hall–Kier alpha value is -1.90. The minimum Gasteiger partial charge on any atom is -0.487 e. The van der Waals surface area contributed by atoms with Crippen molar-refractivity contribution in [2.75, 3.05) is 180 Å². The van der Waals surface area contributed by atoms with Crippen molar-refractivity contribution in [2.24, 2.45) is 0 Å². The van der Waals surface area contributed by atoms with E-state index in [1.54, 1.807) is 21.3 Å². The third-order valence-electron chi connectivity index (χ3n) is 6.22. The van der Waals surface area contributed by atoms with Gasteiger partial charge in [-0.15, -0.1) is 0 Å². The van der Waals surface area contributed by atoms with Crippen molar-refractivity contribution >= 4 is 16.8 Å². The van der Waals surface area contributed by atoms with E-state index in [-0.39, 0.29) is 56.7 Å². The Bertz CT molecular complexity index is 879. The zero-order chi connectivity index (χ0) is 36.9. The number of ether oxygens (including phenoxy) is 15. The minimum atomic E-state index is -0.678. The zero-order valence-corrected chi connectivity index (χ0v) is 31.3. The maximum atomic E-state index is 12.1. The van der Waals surface area contributed by atoms with Gasteiger partial charge in [-0.3, -0.25) is 4.79 Å². The van der Waals surface area contributed by atoms with Crippen molar-refractivity contribution in [3.8, 4) is 17.2 Å². The van der Waals surface area contributed by atoms with Gasteiger partial charge in [-0.05, 0) is 23.7 Å². The molecule has 0 N–H and O–H groups in total. The first-order chi connectivity index (χ1) is 25.1. The van der Waals surface area contributed by atoms with Gasteiger partial charge in [0, 0.05) is 26.9 Å². The highest BCUT2D eigenvalue weighted by atomic mass is 35.5. The summed E-state index contributed by atoms with van der Waals surface area (Å²) in [7, 11) is 4.87. The molecule has 17 heteroatoms. The van der Waals surface area contributed by atoms with Gasteiger partial charge in [0.15, 0.2) is 11.5 Å². The smallest absolute Gasteiger partial charge is 0.252 e. The fourth-order valence-electron chi connectivity index (χ4n) is 3.72. The summed E-state index contributed by atoms with van der Waals surface area (Å²) in [5.41, 5.74) is 0.178. The van der Waals surface area contributed by atoms with Gasteiger partial charge in [0.1, 0.15) is 19.8 Å². The molecule has 0 amide bonds. The first-order valence-corrected chi connectivity index (χ1v) is 17.4. The molecule has 0 aromatic heterocycles. The van der Waals surface area contributed by atoms with Crippen molar-refractivity contribution < 1.29 is 75.8 Å². The molecule has 1 rings (SSSR count). The Morgan fingerprint density at radius 3 is 0.882 bits per heavy atom. The Morgan fingerprint density at radius 2 is 0.627 bits per heavy atom. The Labute approximate surface area is 307 Å². The second kappa shape index (κ2) is 36.5. The number of halogens is 1. The van der Waals surface area contributed by atoms with Crippen molar-refractivity contribution in [3.63, 3.8) is 0 Å². The van der Waals surface area contributed by atoms with E-state index in [0.717, 1.165) is 0 Å². The summed E-state index contributed by atoms with van der Waals surface area (Å²) in [5, 5.41) is -0.678. The molecule has 0 unspecified atom stereocenters. The summed E-state index contributed by atoms with van der Waals surface area (Å²) in [4.78, 5) is 12.1. The molecule has 0 atom stereocenters. The van der Waals surface area contributed by atoms with Crippen LogP contribution in [0.25, 0.3) is 0 Å². The summed E-state index contributed by atoms with van der Waals surface area (Å²) in [6.07, 6.45) is 0. The quantitative estimate of drug-likeness (QED) is 0.0709. The van der Waals surface area contributed by atoms with Crippen LogP contribution in [0.4, 0.5) is 0 Å². The number of methoxy groups -OCH3 is 3. The molecule has 0 fully saturated rings. The monoisotopic (exact) mass is 758 g/mol. The van der Waals surface area contributed by atoms with E-state index in [1.807, 2.05) is 0 Å². The second-order valence-corrected chi connectivity index (χ2v) is 10.5. The minimum absolute atomic E-state index is 0.166. The molecule has 0 aliphatic carbocycles. The van der Waals surface area contributed by atoms with Crippen LogP contribution in [0.5, 0.6) is 17.2 Å². The van der Waals surface area contributed by atoms with Crippen LogP contribution >= 0.6 is 11.6 Å². The number of carbonyl (C=O) groups excluding carboxylic acids is 1. The summed E-state index contributed by atoms with van der Waals surface area (Å²) >= 11 is 5.84. The topological polar surface area (TPSA) is 156 Å². The molecule has 1 aromatic rings. The first kappa shape index (κ1) is 47.1. The van der Waals surface area contributed by atoms with Crippen LogP contribution in [0, 0.1) is 0 Å². The van der Waals surface area contributed by atoms with Gasteiger partial charge in [0.05, 0.1) is 139 Å². The molecule has 0 radical (unpaired) electrons. The third kappa shape index (κ3) is 28.3. The first-order valence-electron chi connectivity index (χ1n) is 17.1. The molecule has 16 nitrogen and oxygen atoms in total. The van der Waals surface area contributed by atoms with E-state index in [0.29, 0.717) is 125 Å². The van der Waals surface area contributed by atoms with Crippen molar-refractivity contribution in [2.45, 2.75) is 0 Å².